The van der Waals surface area contributed by atoms with Crippen molar-refractivity contribution in [3.63, 3.8) is 0 Å². The normalized spacial score (nSPS) is 9.33. The quantitative estimate of drug-likeness (QED) is 0.765. The van der Waals surface area contributed by atoms with Crippen molar-refractivity contribution in [1.82, 2.24) is 4.90 Å². The van der Waals surface area contributed by atoms with Crippen molar-refractivity contribution >= 4 is 5.91 Å². The summed E-state index contributed by atoms with van der Waals surface area (Å²) in [5.41, 5.74) is 0.405. The van der Waals surface area contributed by atoms with Gasteiger partial charge in [0.25, 0.3) is 5.91 Å². The summed E-state index contributed by atoms with van der Waals surface area (Å²) < 4.78 is 10.3. The molecule has 1 aromatic carbocycles. The van der Waals surface area contributed by atoms with Crippen LogP contribution >= 0.6 is 0 Å². The molecule has 1 aromatic rings. The van der Waals surface area contributed by atoms with Gasteiger partial charge in [0.1, 0.15) is 11.5 Å². The summed E-state index contributed by atoms with van der Waals surface area (Å²) in [4.78, 5) is 14.0. The third kappa shape index (κ3) is 4.70. The third-order valence-electron chi connectivity index (χ3n) is 2.87. The number of nitriles is 2. The van der Waals surface area contributed by atoms with E-state index in [1.54, 1.807) is 18.2 Å². The Labute approximate surface area is 124 Å². The molecule has 6 nitrogen and oxygen atoms in total. The van der Waals surface area contributed by atoms with Crippen molar-refractivity contribution in [2.75, 3.05) is 27.3 Å². The molecule has 0 spiro atoms. The minimum absolute atomic E-state index is 0.221. The summed E-state index contributed by atoms with van der Waals surface area (Å²) in [5.74, 6) is 0.772. The first kappa shape index (κ1) is 16.3. The average molecular weight is 287 g/mol. The number of amides is 1. The van der Waals surface area contributed by atoms with Gasteiger partial charge in [-0.25, -0.2) is 0 Å². The average Bonchev–Trinajstić information content (AvgIpc) is 2.53. The van der Waals surface area contributed by atoms with Crippen molar-refractivity contribution in [3.8, 4) is 23.6 Å². The van der Waals surface area contributed by atoms with E-state index in [9.17, 15) is 4.79 Å². The smallest absolute Gasteiger partial charge is 0.254 e. The lowest BCUT2D eigenvalue weighted by atomic mass is 10.1. The highest BCUT2D eigenvalue weighted by Gasteiger charge is 2.17. The topological polar surface area (TPSA) is 86.3 Å². The van der Waals surface area contributed by atoms with Crippen molar-refractivity contribution in [2.24, 2.45) is 0 Å². The van der Waals surface area contributed by atoms with Gasteiger partial charge in [0.15, 0.2) is 0 Å². The van der Waals surface area contributed by atoms with Gasteiger partial charge < -0.3 is 14.4 Å². The molecule has 1 amide bonds. The molecule has 21 heavy (non-hydrogen) atoms. The van der Waals surface area contributed by atoms with E-state index in [2.05, 4.69) is 0 Å². The molecule has 0 aromatic heterocycles. The molecule has 0 aliphatic carbocycles. The number of nitrogens with zero attached hydrogens (tertiary/aromatic N) is 3. The number of carbonyl (C=O) groups is 1. The SMILES string of the molecule is COc1cc(OC)cc(C(=O)N(CCC#N)CCC#N)c1. The van der Waals surface area contributed by atoms with Gasteiger partial charge in [0.2, 0.25) is 0 Å². The van der Waals surface area contributed by atoms with E-state index in [-0.39, 0.29) is 31.8 Å². The van der Waals surface area contributed by atoms with Crippen LogP contribution in [0.1, 0.15) is 23.2 Å². The second-order valence-corrected chi connectivity index (χ2v) is 4.21. The highest BCUT2D eigenvalue weighted by atomic mass is 16.5. The number of benzene rings is 1. The summed E-state index contributed by atoms with van der Waals surface area (Å²) in [7, 11) is 3.01. The molecule has 0 atom stereocenters. The number of ether oxygens (including phenoxy) is 2. The third-order valence-corrected chi connectivity index (χ3v) is 2.87. The van der Waals surface area contributed by atoms with Crippen molar-refractivity contribution in [2.45, 2.75) is 12.8 Å². The maximum Gasteiger partial charge on any atom is 0.254 e. The van der Waals surface area contributed by atoms with Crippen LogP contribution in [0.2, 0.25) is 0 Å². The molecule has 0 saturated heterocycles. The second kappa shape index (κ2) is 8.44. The van der Waals surface area contributed by atoms with Crippen molar-refractivity contribution in [3.05, 3.63) is 23.8 Å². The van der Waals surface area contributed by atoms with Crippen molar-refractivity contribution in [1.29, 1.82) is 10.5 Å². The molecule has 0 aliphatic rings. The Morgan fingerprint density at radius 1 is 1.05 bits per heavy atom. The highest BCUT2D eigenvalue weighted by molar-refractivity contribution is 5.95. The largest absolute Gasteiger partial charge is 0.497 e. The number of rotatable bonds is 7. The predicted molar refractivity (Wildman–Crippen MR) is 75.9 cm³/mol. The van der Waals surface area contributed by atoms with Crippen LogP contribution in [0.25, 0.3) is 0 Å². The Hall–Kier alpha value is -2.73. The van der Waals surface area contributed by atoms with Crippen LogP contribution in [0.15, 0.2) is 18.2 Å². The lowest BCUT2D eigenvalue weighted by molar-refractivity contribution is 0.0761. The minimum atomic E-state index is -0.252. The lowest BCUT2D eigenvalue weighted by Crippen LogP contribution is -2.32. The van der Waals surface area contributed by atoms with Gasteiger partial charge >= 0.3 is 0 Å². The zero-order valence-electron chi connectivity index (χ0n) is 12.1. The molecular formula is C15H17N3O3. The molecule has 0 heterocycles. The van der Waals surface area contributed by atoms with Crippen LogP contribution in [-0.2, 0) is 0 Å². The summed E-state index contributed by atoms with van der Waals surface area (Å²) in [6.45, 7) is 0.576. The molecule has 0 N–H and O–H groups in total. The van der Waals surface area contributed by atoms with Gasteiger partial charge in [-0.3, -0.25) is 4.79 Å². The first-order valence-electron chi connectivity index (χ1n) is 6.42. The second-order valence-electron chi connectivity index (χ2n) is 4.21. The van der Waals surface area contributed by atoms with Crippen LogP contribution in [0, 0.1) is 22.7 Å². The Morgan fingerprint density at radius 3 is 1.90 bits per heavy atom. The van der Waals surface area contributed by atoms with Crippen LogP contribution in [0.3, 0.4) is 0 Å². The molecule has 1 rings (SSSR count). The van der Waals surface area contributed by atoms with Crippen LogP contribution in [0.4, 0.5) is 0 Å². The zero-order chi connectivity index (χ0) is 15.7. The molecule has 110 valence electrons. The van der Waals surface area contributed by atoms with E-state index < -0.39 is 0 Å². The van der Waals surface area contributed by atoms with Crippen molar-refractivity contribution < 1.29 is 14.3 Å². The number of hydrogen-bond donors (Lipinski definition) is 0. The first-order valence-corrected chi connectivity index (χ1v) is 6.42. The summed E-state index contributed by atoms with van der Waals surface area (Å²) in [6.07, 6.45) is 0.441. The monoisotopic (exact) mass is 287 g/mol. The Balaban J connectivity index is 3.01. The van der Waals surface area contributed by atoms with Gasteiger partial charge in [-0.05, 0) is 12.1 Å². The molecule has 0 bridgehead atoms. The van der Waals surface area contributed by atoms with Gasteiger partial charge in [-0.15, -0.1) is 0 Å². The maximum absolute atomic E-state index is 12.5. The Bertz CT molecular complexity index is 532. The fraction of sp³-hybridized carbons (Fsp3) is 0.400. The fourth-order valence-corrected chi connectivity index (χ4v) is 1.80. The summed E-state index contributed by atoms with van der Waals surface area (Å²) in [5, 5.41) is 17.3. The maximum atomic E-state index is 12.5. The van der Waals surface area contributed by atoms with Gasteiger partial charge in [0.05, 0.1) is 39.2 Å². The van der Waals surface area contributed by atoms with E-state index in [0.29, 0.717) is 17.1 Å². The Morgan fingerprint density at radius 2 is 1.52 bits per heavy atom. The fourth-order valence-electron chi connectivity index (χ4n) is 1.80. The molecule has 0 saturated carbocycles. The van der Waals surface area contributed by atoms with E-state index >= 15 is 0 Å². The Kier molecular flexibility index (Phi) is 6.56. The minimum Gasteiger partial charge on any atom is -0.497 e. The molecule has 0 radical (unpaired) electrons. The molecular weight excluding hydrogens is 270 g/mol. The molecule has 0 fully saturated rings. The van der Waals surface area contributed by atoms with Crippen LogP contribution in [-0.4, -0.2) is 38.1 Å². The number of hydrogen-bond acceptors (Lipinski definition) is 5. The molecule has 6 heteroatoms. The highest BCUT2D eigenvalue weighted by Crippen LogP contribution is 2.23. The standard InChI is InChI=1S/C15H17N3O3/c1-20-13-9-12(10-14(11-13)21-2)15(19)18(7-3-5-16)8-4-6-17/h9-11H,3-4,7-8H2,1-2H3. The summed E-state index contributed by atoms with van der Waals surface area (Å²) in [6, 6.07) is 8.89. The molecule has 0 aliphatic heterocycles. The summed E-state index contributed by atoms with van der Waals surface area (Å²) >= 11 is 0. The van der Waals surface area contributed by atoms with Gasteiger partial charge in [0, 0.05) is 24.7 Å². The van der Waals surface area contributed by atoms with Gasteiger partial charge in [-0.1, -0.05) is 0 Å². The van der Waals surface area contributed by atoms with E-state index in [0.717, 1.165) is 0 Å². The predicted octanol–water partition coefficient (Wildman–Crippen LogP) is 1.97. The van der Waals surface area contributed by atoms with E-state index in [1.165, 1.54) is 19.1 Å². The van der Waals surface area contributed by atoms with E-state index in [4.69, 9.17) is 20.0 Å². The molecule has 0 unspecified atom stereocenters. The van der Waals surface area contributed by atoms with Crippen LogP contribution in [0.5, 0.6) is 11.5 Å². The zero-order valence-corrected chi connectivity index (χ0v) is 12.1. The first-order chi connectivity index (χ1) is 10.2. The van der Waals surface area contributed by atoms with Crippen LogP contribution < -0.4 is 9.47 Å². The number of methoxy groups -OCH3 is 2. The lowest BCUT2D eigenvalue weighted by Gasteiger charge is -2.21. The van der Waals surface area contributed by atoms with E-state index in [1.807, 2.05) is 12.1 Å². The number of carbonyl (C=O) groups excluding carboxylic acids is 1. The van der Waals surface area contributed by atoms with Gasteiger partial charge in [-0.2, -0.15) is 10.5 Å².